The highest BCUT2D eigenvalue weighted by Gasteiger charge is 2.41. The van der Waals surface area contributed by atoms with E-state index < -0.39 is 11.7 Å². The van der Waals surface area contributed by atoms with E-state index in [1.807, 2.05) is 6.92 Å². The van der Waals surface area contributed by atoms with Crippen molar-refractivity contribution < 1.29 is 18.0 Å². The second-order valence-electron chi connectivity index (χ2n) is 4.73. The molecule has 1 aromatic rings. The molecular weight excluding hydrogens is 243 g/mol. The van der Waals surface area contributed by atoms with Gasteiger partial charge in [0.05, 0.1) is 5.56 Å². The van der Waals surface area contributed by atoms with Gasteiger partial charge in [0.15, 0.2) is 5.78 Å². The van der Waals surface area contributed by atoms with Gasteiger partial charge in [0.1, 0.15) is 5.69 Å². The van der Waals surface area contributed by atoms with Crippen LogP contribution in [0.5, 0.6) is 0 Å². The van der Waals surface area contributed by atoms with Gasteiger partial charge in [-0.2, -0.15) is 13.2 Å². The van der Waals surface area contributed by atoms with Crippen LogP contribution in [0.1, 0.15) is 54.2 Å². The standard InChI is InChI=1S/C13H14F3NO/c1-3-8-4-10(8)11-5-9(13(14,15)16)6-17-12(11)7(2)18/h5-6,8,10H,3-4H2,1-2H3. The molecule has 1 saturated carbocycles. The van der Waals surface area contributed by atoms with Crippen LogP contribution in [-0.4, -0.2) is 10.8 Å². The Kier molecular flexibility index (Phi) is 3.17. The number of Topliss-reactive ketones (excluding diaryl/α,β-unsaturated/α-hetero) is 1. The SMILES string of the molecule is CCC1CC1c1cc(C(F)(F)F)cnc1C(C)=O. The molecule has 1 aromatic heterocycles. The average molecular weight is 257 g/mol. The van der Waals surface area contributed by atoms with E-state index in [1.54, 1.807) is 0 Å². The minimum atomic E-state index is -4.41. The van der Waals surface area contributed by atoms with Gasteiger partial charge in [-0.05, 0) is 29.9 Å². The highest BCUT2D eigenvalue weighted by molar-refractivity contribution is 5.94. The molecule has 2 unspecified atom stereocenters. The largest absolute Gasteiger partial charge is 0.417 e. The summed E-state index contributed by atoms with van der Waals surface area (Å²) >= 11 is 0. The van der Waals surface area contributed by atoms with E-state index in [1.165, 1.54) is 6.92 Å². The molecule has 0 bridgehead atoms. The van der Waals surface area contributed by atoms with Crippen molar-refractivity contribution in [3.63, 3.8) is 0 Å². The predicted molar refractivity (Wildman–Crippen MR) is 60.4 cm³/mol. The van der Waals surface area contributed by atoms with Gasteiger partial charge in [-0.25, -0.2) is 0 Å². The summed E-state index contributed by atoms with van der Waals surface area (Å²) < 4.78 is 37.9. The molecule has 2 atom stereocenters. The minimum Gasteiger partial charge on any atom is -0.293 e. The number of rotatable bonds is 3. The summed E-state index contributed by atoms with van der Waals surface area (Å²) in [7, 11) is 0. The summed E-state index contributed by atoms with van der Waals surface area (Å²) in [6, 6.07) is 1.09. The number of alkyl halides is 3. The molecule has 0 spiro atoms. The average Bonchev–Trinajstić information content (AvgIpc) is 3.06. The van der Waals surface area contributed by atoms with Crippen LogP contribution < -0.4 is 0 Å². The van der Waals surface area contributed by atoms with E-state index >= 15 is 0 Å². The molecule has 5 heteroatoms. The van der Waals surface area contributed by atoms with Gasteiger partial charge in [0.25, 0.3) is 0 Å². The van der Waals surface area contributed by atoms with E-state index in [9.17, 15) is 18.0 Å². The lowest BCUT2D eigenvalue weighted by molar-refractivity contribution is -0.137. The Hall–Kier alpha value is -1.39. The van der Waals surface area contributed by atoms with Crippen LogP contribution in [0.3, 0.4) is 0 Å². The molecule has 0 saturated heterocycles. The summed E-state index contributed by atoms with van der Waals surface area (Å²) in [5, 5.41) is 0. The Morgan fingerprint density at radius 2 is 2.17 bits per heavy atom. The third kappa shape index (κ3) is 2.40. The van der Waals surface area contributed by atoms with Crippen molar-refractivity contribution in [3.8, 4) is 0 Å². The third-order valence-corrected chi connectivity index (χ3v) is 3.42. The molecule has 0 aromatic carbocycles. The number of hydrogen-bond acceptors (Lipinski definition) is 2. The molecule has 98 valence electrons. The highest BCUT2D eigenvalue weighted by Crippen LogP contribution is 2.50. The second-order valence-corrected chi connectivity index (χ2v) is 4.73. The van der Waals surface area contributed by atoms with E-state index in [0.717, 1.165) is 25.1 Å². The molecule has 0 N–H and O–H groups in total. The predicted octanol–water partition coefficient (Wildman–Crippen LogP) is 3.82. The minimum absolute atomic E-state index is 0.0590. The van der Waals surface area contributed by atoms with Gasteiger partial charge in [0.2, 0.25) is 0 Å². The van der Waals surface area contributed by atoms with Gasteiger partial charge in [-0.15, -0.1) is 0 Å². The Labute approximate surface area is 103 Å². The molecule has 2 nitrogen and oxygen atoms in total. The lowest BCUT2D eigenvalue weighted by atomic mass is 10.0. The first kappa shape index (κ1) is 13.1. The van der Waals surface area contributed by atoms with Crippen molar-refractivity contribution in [2.24, 2.45) is 5.92 Å². The van der Waals surface area contributed by atoms with E-state index in [-0.39, 0.29) is 17.4 Å². The molecule has 18 heavy (non-hydrogen) atoms. The lowest BCUT2D eigenvalue weighted by Gasteiger charge is -2.11. The summed E-state index contributed by atoms with van der Waals surface area (Å²) in [5.41, 5.74) is -0.127. The van der Waals surface area contributed by atoms with E-state index in [4.69, 9.17) is 0 Å². The molecule has 1 heterocycles. The number of halogens is 3. The summed E-state index contributed by atoms with van der Waals surface area (Å²) in [6.07, 6.45) is -1.91. The normalized spacial score (nSPS) is 22.9. The zero-order valence-electron chi connectivity index (χ0n) is 10.2. The fourth-order valence-corrected chi connectivity index (χ4v) is 2.29. The molecular formula is C13H14F3NO. The zero-order valence-corrected chi connectivity index (χ0v) is 10.2. The number of ketones is 1. The Morgan fingerprint density at radius 3 is 2.61 bits per heavy atom. The van der Waals surface area contributed by atoms with Gasteiger partial charge in [-0.1, -0.05) is 13.3 Å². The van der Waals surface area contributed by atoms with Crippen molar-refractivity contribution in [2.45, 2.75) is 38.8 Å². The molecule has 2 rings (SSSR count). The first-order valence-electron chi connectivity index (χ1n) is 5.92. The van der Waals surface area contributed by atoms with Crippen LogP contribution in [-0.2, 0) is 6.18 Å². The number of carbonyl (C=O) groups is 1. The van der Waals surface area contributed by atoms with Gasteiger partial charge in [0, 0.05) is 13.1 Å². The number of pyridine rings is 1. The fraction of sp³-hybridized carbons (Fsp3) is 0.538. The van der Waals surface area contributed by atoms with Gasteiger partial charge < -0.3 is 0 Å². The number of hydrogen-bond donors (Lipinski definition) is 0. The Morgan fingerprint density at radius 1 is 1.50 bits per heavy atom. The number of carbonyl (C=O) groups excluding carboxylic acids is 1. The van der Waals surface area contributed by atoms with E-state index in [0.29, 0.717) is 11.5 Å². The number of nitrogens with zero attached hydrogens (tertiary/aromatic N) is 1. The van der Waals surface area contributed by atoms with Crippen LogP contribution in [0.2, 0.25) is 0 Å². The van der Waals surface area contributed by atoms with Crippen LogP contribution in [0, 0.1) is 5.92 Å². The van der Waals surface area contributed by atoms with Gasteiger partial charge in [-0.3, -0.25) is 9.78 Å². The topological polar surface area (TPSA) is 30.0 Å². The molecule has 0 amide bonds. The smallest absolute Gasteiger partial charge is 0.293 e. The molecule has 1 fully saturated rings. The molecule has 1 aliphatic rings. The van der Waals surface area contributed by atoms with E-state index in [2.05, 4.69) is 4.98 Å². The van der Waals surface area contributed by atoms with Crippen LogP contribution in [0.25, 0.3) is 0 Å². The van der Waals surface area contributed by atoms with Crippen molar-refractivity contribution in [2.75, 3.05) is 0 Å². The number of aromatic nitrogens is 1. The first-order valence-corrected chi connectivity index (χ1v) is 5.92. The Balaban J connectivity index is 2.43. The summed E-state index contributed by atoms with van der Waals surface area (Å²) in [4.78, 5) is 15.1. The molecule has 0 radical (unpaired) electrons. The first-order chi connectivity index (χ1) is 8.34. The maximum Gasteiger partial charge on any atom is 0.417 e. The van der Waals surface area contributed by atoms with Crippen molar-refractivity contribution in [1.82, 2.24) is 4.98 Å². The fourth-order valence-electron chi connectivity index (χ4n) is 2.29. The second kappa shape index (κ2) is 4.37. The van der Waals surface area contributed by atoms with Crippen LogP contribution in [0.4, 0.5) is 13.2 Å². The summed E-state index contributed by atoms with van der Waals surface area (Å²) in [6.45, 7) is 3.33. The van der Waals surface area contributed by atoms with Gasteiger partial charge >= 0.3 is 6.18 Å². The van der Waals surface area contributed by atoms with Crippen LogP contribution >= 0.6 is 0 Å². The van der Waals surface area contributed by atoms with Crippen LogP contribution in [0.15, 0.2) is 12.3 Å². The monoisotopic (exact) mass is 257 g/mol. The third-order valence-electron chi connectivity index (χ3n) is 3.42. The Bertz CT molecular complexity index is 482. The van der Waals surface area contributed by atoms with Crippen molar-refractivity contribution in [1.29, 1.82) is 0 Å². The zero-order chi connectivity index (χ0) is 13.5. The quantitative estimate of drug-likeness (QED) is 0.770. The van der Waals surface area contributed by atoms with Crippen molar-refractivity contribution >= 4 is 5.78 Å². The van der Waals surface area contributed by atoms with Crippen molar-refractivity contribution in [3.05, 3.63) is 29.1 Å². The maximum absolute atomic E-state index is 12.6. The lowest BCUT2D eigenvalue weighted by Crippen LogP contribution is -2.10. The molecule has 0 aliphatic heterocycles. The maximum atomic E-state index is 12.6. The molecule has 1 aliphatic carbocycles. The highest BCUT2D eigenvalue weighted by atomic mass is 19.4. The summed E-state index contributed by atoms with van der Waals surface area (Å²) in [5.74, 6) is 0.164.